The van der Waals surface area contributed by atoms with E-state index in [0.717, 1.165) is 5.56 Å². The second-order valence-corrected chi connectivity index (χ2v) is 7.26. The Kier molecular flexibility index (Phi) is 3.02. The number of nitrogen functional groups attached to an aromatic ring is 1. The van der Waals surface area contributed by atoms with Crippen molar-refractivity contribution in [1.29, 1.82) is 0 Å². The van der Waals surface area contributed by atoms with Gasteiger partial charge in [0.15, 0.2) is 5.82 Å². The van der Waals surface area contributed by atoms with Crippen LogP contribution >= 0.6 is 0 Å². The molecule has 5 nitrogen and oxygen atoms in total. The van der Waals surface area contributed by atoms with Crippen LogP contribution in [0.2, 0.25) is 0 Å². The van der Waals surface area contributed by atoms with Crippen molar-refractivity contribution in [3.63, 3.8) is 0 Å². The monoisotopic (exact) mass is 305 g/mol. The molecule has 0 spiro atoms. The van der Waals surface area contributed by atoms with Gasteiger partial charge in [0.2, 0.25) is 0 Å². The molecule has 0 bridgehead atoms. The quantitative estimate of drug-likeness (QED) is 0.926. The molecule has 2 aromatic rings. The lowest BCUT2D eigenvalue weighted by atomic mass is 10.2. The van der Waals surface area contributed by atoms with E-state index in [-0.39, 0.29) is 6.04 Å². The molecular formula is C15H19N3O2S. The van der Waals surface area contributed by atoms with Crippen LogP contribution in [0.15, 0.2) is 35.4 Å². The third kappa shape index (κ3) is 1.78. The third-order valence-corrected chi connectivity index (χ3v) is 5.55. The summed E-state index contributed by atoms with van der Waals surface area (Å²) < 4.78 is 27.0. The zero-order valence-corrected chi connectivity index (χ0v) is 13.2. The average Bonchev–Trinajstić information content (AvgIpc) is 2.77. The molecule has 0 fully saturated rings. The molecule has 0 unspecified atom stereocenters. The average molecular weight is 305 g/mol. The number of hydrogen-bond acceptors (Lipinski definition) is 4. The van der Waals surface area contributed by atoms with Crippen molar-refractivity contribution in [2.45, 2.75) is 38.1 Å². The highest BCUT2D eigenvalue weighted by atomic mass is 32.2. The number of para-hydroxylation sites is 1. The number of benzene rings is 1. The molecule has 0 atom stereocenters. The zero-order chi connectivity index (χ0) is 15.4. The van der Waals surface area contributed by atoms with E-state index >= 15 is 0 Å². The summed E-state index contributed by atoms with van der Waals surface area (Å²) >= 11 is 0. The van der Waals surface area contributed by atoms with Crippen molar-refractivity contribution < 1.29 is 8.42 Å². The van der Waals surface area contributed by atoms with E-state index in [0.29, 0.717) is 28.5 Å². The summed E-state index contributed by atoms with van der Waals surface area (Å²) in [6, 6.07) is 7.16. The van der Waals surface area contributed by atoms with Gasteiger partial charge in [-0.2, -0.15) is 0 Å². The van der Waals surface area contributed by atoms with Gasteiger partial charge in [-0.1, -0.05) is 19.1 Å². The molecular weight excluding hydrogens is 286 g/mol. The molecule has 1 aromatic heterocycles. The first-order valence-electron chi connectivity index (χ1n) is 7.03. The minimum atomic E-state index is -3.58. The maximum atomic E-state index is 12.8. The van der Waals surface area contributed by atoms with Gasteiger partial charge in [0.1, 0.15) is 4.90 Å². The smallest absolute Gasteiger partial charge is 0.271 e. The van der Waals surface area contributed by atoms with Gasteiger partial charge in [-0.3, -0.25) is 0 Å². The minimum Gasteiger partial charge on any atom is -0.395 e. The van der Waals surface area contributed by atoms with Crippen molar-refractivity contribution in [2.75, 3.05) is 10.6 Å². The van der Waals surface area contributed by atoms with E-state index in [1.807, 2.05) is 37.8 Å². The van der Waals surface area contributed by atoms with E-state index in [1.165, 1.54) is 3.97 Å². The first-order chi connectivity index (χ1) is 9.89. The van der Waals surface area contributed by atoms with Gasteiger partial charge in [0, 0.05) is 12.2 Å². The van der Waals surface area contributed by atoms with Gasteiger partial charge in [0.25, 0.3) is 10.0 Å². The fraction of sp³-hybridized carbons (Fsp3) is 0.333. The predicted molar refractivity (Wildman–Crippen MR) is 84.5 cm³/mol. The van der Waals surface area contributed by atoms with E-state index < -0.39 is 10.0 Å². The first-order valence-corrected chi connectivity index (χ1v) is 8.47. The fourth-order valence-electron chi connectivity index (χ4n) is 2.85. The van der Waals surface area contributed by atoms with Crippen molar-refractivity contribution in [3.8, 4) is 0 Å². The van der Waals surface area contributed by atoms with Crippen molar-refractivity contribution in [1.82, 2.24) is 3.97 Å². The molecule has 6 heteroatoms. The number of anilines is 3. The number of nitrogens with zero attached hydrogens (tertiary/aromatic N) is 2. The van der Waals surface area contributed by atoms with Crippen LogP contribution in [0, 0.1) is 0 Å². The van der Waals surface area contributed by atoms with E-state index in [9.17, 15) is 8.42 Å². The van der Waals surface area contributed by atoms with E-state index in [1.54, 1.807) is 18.3 Å². The molecule has 2 N–H and O–H groups in total. The van der Waals surface area contributed by atoms with Gasteiger partial charge < -0.3 is 10.6 Å². The van der Waals surface area contributed by atoms with Crippen LogP contribution in [0.4, 0.5) is 17.2 Å². The largest absolute Gasteiger partial charge is 0.395 e. The molecule has 1 aliphatic rings. The second kappa shape index (κ2) is 4.53. The standard InChI is InChI=1S/C15H19N3O2S/c1-4-11-9-17-15(14(11)16)18(10(2)3)12-7-5-6-8-13(12)21(17,19)20/h5-10H,4,16H2,1-3H3. The summed E-state index contributed by atoms with van der Waals surface area (Å²) in [6.45, 7) is 6.02. The number of aromatic nitrogens is 1. The van der Waals surface area contributed by atoms with Gasteiger partial charge in [-0.25, -0.2) is 12.4 Å². The van der Waals surface area contributed by atoms with Gasteiger partial charge in [-0.15, -0.1) is 0 Å². The number of rotatable bonds is 2. The van der Waals surface area contributed by atoms with Gasteiger partial charge in [-0.05, 0) is 38.0 Å². The Morgan fingerprint density at radius 1 is 1.24 bits per heavy atom. The van der Waals surface area contributed by atoms with Crippen LogP contribution in [0.1, 0.15) is 26.3 Å². The molecule has 112 valence electrons. The van der Waals surface area contributed by atoms with Crippen LogP contribution in [0.3, 0.4) is 0 Å². The van der Waals surface area contributed by atoms with Crippen LogP contribution in [-0.4, -0.2) is 18.4 Å². The number of fused-ring (bicyclic) bond motifs is 2. The molecule has 0 saturated carbocycles. The van der Waals surface area contributed by atoms with Crippen LogP contribution in [0.25, 0.3) is 0 Å². The Morgan fingerprint density at radius 2 is 1.90 bits per heavy atom. The predicted octanol–water partition coefficient (Wildman–Crippen LogP) is 2.73. The molecule has 0 aliphatic carbocycles. The maximum absolute atomic E-state index is 12.8. The second-order valence-electron chi connectivity index (χ2n) is 5.48. The summed E-state index contributed by atoms with van der Waals surface area (Å²) in [6.07, 6.45) is 2.34. The molecule has 0 radical (unpaired) electrons. The van der Waals surface area contributed by atoms with E-state index in [4.69, 9.17) is 5.73 Å². The Morgan fingerprint density at radius 3 is 2.52 bits per heavy atom. The van der Waals surface area contributed by atoms with Crippen molar-refractivity contribution in [3.05, 3.63) is 36.0 Å². The highest BCUT2D eigenvalue weighted by Crippen LogP contribution is 2.45. The fourth-order valence-corrected chi connectivity index (χ4v) is 4.43. The summed E-state index contributed by atoms with van der Waals surface area (Å²) in [4.78, 5) is 2.31. The normalized spacial score (nSPS) is 15.9. The van der Waals surface area contributed by atoms with Crippen LogP contribution < -0.4 is 10.6 Å². The summed E-state index contributed by atoms with van der Waals surface area (Å²) in [7, 11) is -3.58. The number of nitrogens with two attached hydrogens (primary N) is 1. The highest BCUT2D eigenvalue weighted by molar-refractivity contribution is 7.90. The third-order valence-electron chi connectivity index (χ3n) is 3.86. The minimum absolute atomic E-state index is 0.0994. The van der Waals surface area contributed by atoms with Crippen molar-refractivity contribution in [2.24, 2.45) is 0 Å². The van der Waals surface area contributed by atoms with E-state index in [2.05, 4.69) is 0 Å². The maximum Gasteiger partial charge on any atom is 0.271 e. The molecule has 21 heavy (non-hydrogen) atoms. The van der Waals surface area contributed by atoms with Gasteiger partial charge in [0.05, 0.1) is 11.4 Å². The highest BCUT2D eigenvalue weighted by Gasteiger charge is 2.36. The van der Waals surface area contributed by atoms with Crippen LogP contribution in [-0.2, 0) is 16.4 Å². The first kappa shape index (κ1) is 14.0. The zero-order valence-electron chi connectivity index (χ0n) is 12.4. The topological polar surface area (TPSA) is 68.3 Å². The lowest BCUT2D eigenvalue weighted by Gasteiger charge is -2.35. The van der Waals surface area contributed by atoms with Crippen LogP contribution in [0.5, 0.6) is 0 Å². The molecule has 3 rings (SSSR count). The Hall–Kier alpha value is -1.95. The Bertz CT molecular complexity index is 806. The molecule has 1 aromatic carbocycles. The Labute approximate surface area is 125 Å². The molecule has 1 aliphatic heterocycles. The summed E-state index contributed by atoms with van der Waals surface area (Å²) in [5, 5.41) is 0. The SMILES string of the molecule is CCc1cn2c(c1N)N(C(C)C)c1ccccc1S2(=O)=O. The Balaban J connectivity index is 2.42. The molecule has 0 saturated heterocycles. The number of hydrogen-bond donors (Lipinski definition) is 1. The van der Waals surface area contributed by atoms with Gasteiger partial charge >= 0.3 is 0 Å². The number of aryl methyl sites for hydroxylation is 1. The lowest BCUT2D eigenvalue weighted by molar-refractivity contribution is 0.582. The molecule has 0 amide bonds. The summed E-state index contributed by atoms with van der Waals surface area (Å²) in [5.41, 5.74) is 8.30. The summed E-state index contributed by atoms with van der Waals surface area (Å²) in [5.74, 6) is 0.556. The molecule has 2 heterocycles. The van der Waals surface area contributed by atoms with Crippen molar-refractivity contribution >= 4 is 27.2 Å². The lowest BCUT2D eigenvalue weighted by Crippen LogP contribution is -2.35.